The summed E-state index contributed by atoms with van der Waals surface area (Å²) in [4.78, 5) is 14.6. The number of rotatable bonds is 3. The zero-order valence-corrected chi connectivity index (χ0v) is 10.2. The van der Waals surface area contributed by atoms with Crippen molar-refractivity contribution in [1.29, 1.82) is 5.26 Å². The number of aromatic nitrogens is 1. The van der Waals surface area contributed by atoms with Crippen molar-refractivity contribution < 1.29 is 9.31 Å². The standard InChI is InChI=1S/C12H6FN3O2S/c13-8-1-3-9(4-2-8)19-12-6-5-11(16(17)18)10(7-14)15-12/h1-6H. The second-order valence-electron chi connectivity index (χ2n) is 3.44. The predicted octanol–water partition coefficient (Wildman–Crippen LogP) is 3.15. The van der Waals surface area contributed by atoms with Gasteiger partial charge in [-0.3, -0.25) is 10.1 Å². The molecule has 0 atom stereocenters. The first-order valence-corrected chi connectivity index (χ1v) is 5.91. The molecular formula is C12H6FN3O2S. The van der Waals surface area contributed by atoms with Gasteiger partial charge in [-0.25, -0.2) is 9.37 Å². The molecule has 1 aromatic heterocycles. The van der Waals surface area contributed by atoms with E-state index in [-0.39, 0.29) is 17.2 Å². The first kappa shape index (κ1) is 13.0. The molecule has 0 spiro atoms. The summed E-state index contributed by atoms with van der Waals surface area (Å²) < 4.78 is 12.7. The highest BCUT2D eigenvalue weighted by Crippen LogP contribution is 2.28. The van der Waals surface area contributed by atoms with Gasteiger partial charge in [0.1, 0.15) is 16.9 Å². The van der Waals surface area contributed by atoms with Crippen molar-refractivity contribution in [1.82, 2.24) is 4.98 Å². The van der Waals surface area contributed by atoms with Crippen molar-refractivity contribution in [2.24, 2.45) is 0 Å². The summed E-state index contributed by atoms with van der Waals surface area (Å²) in [5, 5.41) is 19.9. The highest BCUT2D eigenvalue weighted by atomic mass is 32.2. The van der Waals surface area contributed by atoms with Crippen LogP contribution in [-0.4, -0.2) is 9.91 Å². The second kappa shape index (κ2) is 5.46. The molecular weight excluding hydrogens is 269 g/mol. The van der Waals surface area contributed by atoms with Crippen LogP contribution in [0, 0.1) is 27.3 Å². The summed E-state index contributed by atoms with van der Waals surface area (Å²) in [6.45, 7) is 0. The van der Waals surface area contributed by atoms with Crippen LogP contribution in [0.1, 0.15) is 5.69 Å². The number of hydrogen-bond acceptors (Lipinski definition) is 5. The lowest BCUT2D eigenvalue weighted by molar-refractivity contribution is -0.385. The van der Waals surface area contributed by atoms with Gasteiger partial charge in [-0.05, 0) is 30.3 Å². The van der Waals surface area contributed by atoms with Crippen LogP contribution < -0.4 is 0 Å². The van der Waals surface area contributed by atoms with E-state index in [9.17, 15) is 14.5 Å². The van der Waals surface area contributed by atoms with Gasteiger partial charge in [-0.15, -0.1) is 0 Å². The zero-order valence-electron chi connectivity index (χ0n) is 9.41. The van der Waals surface area contributed by atoms with E-state index in [0.717, 1.165) is 4.90 Å². The minimum atomic E-state index is -0.655. The molecule has 19 heavy (non-hydrogen) atoms. The number of nitro groups is 1. The van der Waals surface area contributed by atoms with E-state index in [1.54, 1.807) is 18.2 Å². The molecule has 0 fully saturated rings. The monoisotopic (exact) mass is 275 g/mol. The molecule has 0 amide bonds. The number of nitriles is 1. The van der Waals surface area contributed by atoms with Gasteiger partial charge < -0.3 is 0 Å². The molecule has 0 radical (unpaired) electrons. The van der Waals surface area contributed by atoms with E-state index < -0.39 is 4.92 Å². The SMILES string of the molecule is N#Cc1nc(Sc2ccc(F)cc2)ccc1[N+](=O)[O-]. The molecule has 0 saturated carbocycles. The van der Waals surface area contributed by atoms with Crippen LogP contribution in [0.4, 0.5) is 10.1 Å². The van der Waals surface area contributed by atoms with E-state index in [0.29, 0.717) is 5.03 Å². The fourth-order valence-electron chi connectivity index (χ4n) is 1.34. The Morgan fingerprint density at radius 3 is 2.53 bits per heavy atom. The van der Waals surface area contributed by atoms with Gasteiger partial charge in [0.25, 0.3) is 0 Å². The summed E-state index contributed by atoms with van der Waals surface area (Å²) in [6.07, 6.45) is 0. The lowest BCUT2D eigenvalue weighted by Crippen LogP contribution is -1.95. The molecule has 0 aliphatic heterocycles. The second-order valence-corrected chi connectivity index (χ2v) is 4.54. The lowest BCUT2D eigenvalue weighted by Gasteiger charge is -2.01. The molecule has 1 heterocycles. The fraction of sp³-hybridized carbons (Fsp3) is 0. The molecule has 1 aromatic carbocycles. The van der Waals surface area contributed by atoms with Crippen molar-refractivity contribution in [3.63, 3.8) is 0 Å². The quantitative estimate of drug-likeness (QED) is 0.635. The highest BCUT2D eigenvalue weighted by Gasteiger charge is 2.15. The lowest BCUT2D eigenvalue weighted by atomic mass is 10.3. The van der Waals surface area contributed by atoms with Gasteiger partial charge >= 0.3 is 5.69 Å². The van der Waals surface area contributed by atoms with Gasteiger partial charge in [0.05, 0.1) is 4.92 Å². The van der Waals surface area contributed by atoms with Crippen LogP contribution in [0.25, 0.3) is 0 Å². The molecule has 2 aromatic rings. The van der Waals surface area contributed by atoms with Crippen LogP contribution >= 0.6 is 11.8 Å². The summed E-state index contributed by atoms with van der Waals surface area (Å²) in [5.41, 5.74) is -0.567. The summed E-state index contributed by atoms with van der Waals surface area (Å²) in [7, 11) is 0. The number of benzene rings is 1. The van der Waals surface area contributed by atoms with Crippen LogP contribution in [-0.2, 0) is 0 Å². The minimum Gasteiger partial charge on any atom is -0.258 e. The molecule has 0 aliphatic rings. The van der Waals surface area contributed by atoms with Crippen molar-refractivity contribution in [2.75, 3.05) is 0 Å². The van der Waals surface area contributed by atoms with Crippen LogP contribution in [0.5, 0.6) is 0 Å². The van der Waals surface area contributed by atoms with Gasteiger partial charge in [-0.1, -0.05) is 11.8 Å². The molecule has 0 bridgehead atoms. The normalized spacial score (nSPS) is 9.89. The Balaban J connectivity index is 2.29. The first-order valence-electron chi connectivity index (χ1n) is 5.09. The zero-order chi connectivity index (χ0) is 13.8. The average Bonchev–Trinajstić information content (AvgIpc) is 2.41. The van der Waals surface area contributed by atoms with E-state index in [2.05, 4.69) is 4.98 Å². The van der Waals surface area contributed by atoms with Crippen molar-refractivity contribution in [3.05, 3.63) is 58.0 Å². The Labute approximate surface area is 111 Å². The maximum Gasteiger partial charge on any atom is 0.305 e. The number of pyridine rings is 1. The van der Waals surface area contributed by atoms with Gasteiger partial charge in [-0.2, -0.15) is 5.26 Å². The molecule has 0 aliphatic carbocycles. The number of hydrogen-bond donors (Lipinski definition) is 0. The van der Waals surface area contributed by atoms with Crippen LogP contribution in [0.2, 0.25) is 0 Å². The average molecular weight is 275 g/mol. The third kappa shape index (κ3) is 3.05. The van der Waals surface area contributed by atoms with E-state index in [4.69, 9.17) is 5.26 Å². The molecule has 0 saturated heterocycles. The largest absolute Gasteiger partial charge is 0.305 e. The van der Waals surface area contributed by atoms with Gasteiger partial charge in [0, 0.05) is 11.0 Å². The molecule has 94 valence electrons. The van der Waals surface area contributed by atoms with E-state index in [1.807, 2.05) is 0 Å². The Morgan fingerprint density at radius 1 is 1.26 bits per heavy atom. The van der Waals surface area contributed by atoms with Gasteiger partial charge in [0.15, 0.2) is 0 Å². The molecule has 2 rings (SSSR count). The first-order chi connectivity index (χ1) is 9.10. The van der Waals surface area contributed by atoms with Crippen molar-refractivity contribution in [3.8, 4) is 6.07 Å². The Bertz CT molecular complexity index is 668. The van der Waals surface area contributed by atoms with Gasteiger partial charge in [0.2, 0.25) is 5.69 Å². The van der Waals surface area contributed by atoms with Crippen LogP contribution in [0.15, 0.2) is 46.3 Å². The Morgan fingerprint density at radius 2 is 1.95 bits per heavy atom. The molecule has 0 N–H and O–H groups in total. The summed E-state index contributed by atoms with van der Waals surface area (Å²) in [6, 6.07) is 10.1. The number of halogens is 1. The van der Waals surface area contributed by atoms with Crippen molar-refractivity contribution in [2.45, 2.75) is 9.92 Å². The maximum absolute atomic E-state index is 12.7. The Kier molecular flexibility index (Phi) is 3.73. The Hall–Kier alpha value is -2.46. The maximum atomic E-state index is 12.7. The minimum absolute atomic E-state index is 0.239. The third-order valence-electron chi connectivity index (χ3n) is 2.19. The van der Waals surface area contributed by atoms with E-state index in [1.165, 1.54) is 36.0 Å². The molecule has 7 heteroatoms. The summed E-state index contributed by atoms with van der Waals surface area (Å²) in [5.74, 6) is -0.348. The van der Waals surface area contributed by atoms with Crippen LogP contribution in [0.3, 0.4) is 0 Å². The smallest absolute Gasteiger partial charge is 0.258 e. The number of nitrogens with zero attached hydrogens (tertiary/aromatic N) is 3. The molecule has 5 nitrogen and oxygen atoms in total. The highest BCUT2D eigenvalue weighted by molar-refractivity contribution is 7.99. The predicted molar refractivity (Wildman–Crippen MR) is 66.1 cm³/mol. The summed E-state index contributed by atoms with van der Waals surface area (Å²) >= 11 is 1.19. The van der Waals surface area contributed by atoms with Crippen molar-refractivity contribution >= 4 is 17.4 Å². The third-order valence-corrected chi connectivity index (χ3v) is 3.13. The fourth-order valence-corrected chi connectivity index (χ4v) is 2.13. The van der Waals surface area contributed by atoms with E-state index >= 15 is 0 Å². The molecule has 0 unspecified atom stereocenters. The topological polar surface area (TPSA) is 79.8 Å².